The molecule has 0 aromatic heterocycles. The second-order valence-corrected chi connectivity index (χ2v) is 8.34. The van der Waals surface area contributed by atoms with Crippen molar-refractivity contribution < 1.29 is 9.90 Å². The van der Waals surface area contributed by atoms with E-state index >= 15 is 0 Å². The van der Waals surface area contributed by atoms with Gasteiger partial charge in [0.2, 0.25) is 0 Å². The molecule has 1 aromatic carbocycles. The van der Waals surface area contributed by atoms with Crippen LogP contribution < -0.4 is 5.32 Å². The van der Waals surface area contributed by atoms with Crippen molar-refractivity contribution in [2.45, 2.75) is 46.1 Å². The van der Waals surface area contributed by atoms with Crippen LogP contribution in [0, 0.1) is 16.7 Å². The summed E-state index contributed by atoms with van der Waals surface area (Å²) in [6, 6.07) is 5.16. The highest BCUT2D eigenvalue weighted by Gasteiger charge is 2.59. The third-order valence-corrected chi connectivity index (χ3v) is 6.42. The third kappa shape index (κ3) is 2.28. The minimum atomic E-state index is -0.0929. The predicted molar refractivity (Wildman–Crippen MR) is 86.3 cm³/mol. The van der Waals surface area contributed by atoms with Crippen molar-refractivity contribution in [2.24, 2.45) is 16.7 Å². The molecule has 0 radical (unpaired) electrons. The fraction of sp³-hybridized carbons (Fsp3) is 0.588. The lowest BCUT2D eigenvalue weighted by atomic mass is 9.68. The second-order valence-electron chi connectivity index (χ2n) is 7.49. The maximum atomic E-state index is 12.5. The number of hydrogen-bond acceptors (Lipinski definition) is 2. The average molecular weight is 352 g/mol. The lowest BCUT2D eigenvalue weighted by Gasteiger charge is -2.43. The van der Waals surface area contributed by atoms with E-state index in [1.165, 1.54) is 25.3 Å². The molecule has 2 N–H and O–H groups in total. The molecule has 2 aliphatic carbocycles. The van der Waals surface area contributed by atoms with E-state index in [1.807, 2.05) is 0 Å². The molecule has 21 heavy (non-hydrogen) atoms. The molecule has 4 heteroatoms. The van der Waals surface area contributed by atoms with Crippen molar-refractivity contribution >= 4 is 21.8 Å². The van der Waals surface area contributed by atoms with Crippen molar-refractivity contribution in [3.8, 4) is 5.75 Å². The molecule has 2 fully saturated rings. The number of halogens is 1. The number of phenols is 1. The van der Waals surface area contributed by atoms with E-state index in [1.54, 1.807) is 12.1 Å². The molecule has 2 aliphatic rings. The van der Waals surface area contributed by atoms with Crippen molar-refractivity contribution in [1.29, 1.82) is 0 Å². The Labute approximate surface area is 134 Å². The molecule has 3 rings (SSSR count). The number of benzene rings is 1. The molecule has 3 atom stereocenters. The van der Waals surface area contributed by atoms with Crippen LogP contribution in [-0.2, 0) is 0 Å². The minimum Gasteiger partial charge on any atom is -0.507 e. The van der Waals surface area contributed by atoms with Gasteiger partial charge < -0.3 is 10.4 Å². The largest absolute Gasteiger partial charge is 0.507 e. The Morgan fingerprint density at radius 1 is 1.38 bits per heavy atom. The standard InChI is InChI=1S/C17H22BrNO2/c1-16(2)11-6-7-17(3,9-11)15(16)19-14(21)10-4-5-12(18)13(20)8-10/h4-5,8,11,15,20H,6-7,9H2,1-3H3,(H,19,21). The number of aromatic hydroxyl groups is 1. The van der Waals surface area contributed by atoms with Gasteiger partial charge in [0.25, 0.3) is 5.91 Å². The molecule has 1 aromatic rings. The van der Waals surface area contributed by atoms with Crippen molar-refractivity contribution in [3.63, 3.8) is 0 Å². The molecule has 114 valence electrons. The van der Waals surface area contributed by atoms with Gasteiger partial charge in [0.1, 0.15) is 5.75 Å². The molecule has 3 unspecified atom stereocenters. The Balaban J connectivity index is 1.83. The van der Waals surface area contributed by atoms with Crippen LogP contribution in [0.1, 0.15) is 50.4 Å². The van der Waals surface area contributed by atoms with Crippen LogP contribution in [0.25, 0.3) is 0 Å². The monoisotopic (exact) mass is 351 g/mol. The number of phenolic OH excluding ortho intramolecular Hbond substituents is 1. The Kier molecular flexibility index (Phi) is 3.36. The van der Waals surface area contributed by atoms with Crippen LogP contribution in [0.2, 0.25) is 0 Å². The molecule has 0 saturated heterocycles. The van der Waals surface area contributed by atoms with Gasteiger partial charge in [-0.3, -0.25) is 4.79 Å². The quantitative estimate of drug-likeness (QED) is 0.842. The Bertz CT molecular complexity index is 594. The first-order valence-electron chi connectivity index (χ1n) is 7.53. The highest BCUT2D eigenvalue weighted by Crippen LogP contribution is 2.62. The highest BCUT2D eigenvalue weighted by molar-refractivity contribution is 9.10. The molecule has 0 aliphatic heterocycles. The Morgan fingerprint density at radius 3 is 2.67 bits per heavy atom. The molecule has 0 spiro atoms. The summed E-state index contributed by atoms with van der Waals surface area (Å²) >= 11 is 3.24. The molecule has 0 heterocycles. The molecule has 2 saturated carbocycles. The van der Waals surface area contributed by atoms with Crippen LogP contribution in [0.5, 0.6) is 5.75 Å². The zero-order valence-corrected chi connectivity index (χ0v) is 14.3. The zero-order chi connectivity index (χ0) is 15.4. The molecular weight excluding hydrogens is 330 g/mol. The lowest BCUT2D eigenvalue weighted by Crippen LogP contribution is -2.52. The van der Waals surface area contributed by atoms with Crippen molar-refractivity contribution in [3.05, 3.63) is 28.2 Å². The summed E-state index contributed by atoms with van der Waals surface area (Å²) in [5.41, 5.74) is 0.860. The first-order valence-corrected chi connectivity index (χ1v) is 8.33. The van der Waals surface area contributed by atoms with Gasteiger partial charge in [0, 0.05) is 11.6 Å². The summed E-state index contributed by atoms with van der Waals surface area (Å²) in [5.74, 6) is 0.705. The van der Waals surface area contributed by atoms with Gasteiger partial charge in [-0.25, -0.2) is 0 Å². The van der Waals surface area contributed by atoms with Crippen molar-refractivity contribution in [1.82, 2.24) is 5.32 Å². The third-order valence-electron chi connectivity index (χ3n) is 5.75. The van der Waals surface area contributed by atoms with Gasteiger partial charge in [-0.2, -0.15) is 0 Å². The summed E-state index contributed by atoms with van der Waals surface area (Å²) in [6.45, 7) is 6.84. The summed E-state index contributed by atoms with van der Waals surface area (Å²) in [5, 5.41) is 13.0. The number of amides is 1. The summed E-state index contributed by atoms with van der Waals surface area (Å²) in [6.07, 6.45) is 3.67. The van der Waals surface area contributed by atoms with Gasteiger partial charge in [-0.15, -0.1) is 0 Å². The second kappa shape index (κ2) is 4.73. The first kappa shape index (κ1) is 14.9. The highest BCUT2D eigenvalue weighted by atomic mass is 79.9. The number of nitrogens with one attached hydrogen (secondary N) is 1. The minimum absolute atomic E-state index is 0.0929. The van der Waals surface area contributed by atoms with E-state index in [2.05, 4.69) is 42.0 Å². The predicted octanol–water partition coefficient (Wildman–Crippen LogP) is 4.10. The lowest BCUT2D eigenvalue weighted by molar-refractivity contribution is 0.0737. The van der Waals surface area contributed by atoms with Crippen LogP contribution >= 0.6 is 15.9 Å². The van der Waals surface area contributed by atoms with Gasteiger partial charge in [0.15, 0.2) is 0 Å². The van der Waals surface area contributed by atoms with E-state index in [-0.39, 0.29) is 28.5 Å². The number of carbonyl (C=O) groups is 1. The molecule has 1 amide bonds. The number of fused-ring (bicyclic) bond motifs is 2. The summed E-state index contributed by atoms with van der Waals surface area (Å²) < 4.78 is 0.603. The topological polar surface area (TPSA) is 49.3 Å². The van der Waals surface area contributed by atoms with Gasteiger partial charge in [0.05, 0.1) is 4.47 Å². The van der Waals surface area contributed by atoms with Crippen LogP contribution in [0.15, 0.2) is 22.7 Å². The number of rotatable bonds is 2. The van der Waals surface area contributed by atoms with Gasteiger partial charge in [-0.1, -0.05) is 20.8 Å². The SMILES string of the molecule is CC12CCC(C1)C(C)(C)C2NC(=O)c1ccc(Br)c(O)c1. The molecular formula is C17H22BrNO2. The maximum Gasteiger partial charge on any atom is 0.251 e. The number of hydrogen-bond donors (Lipinski definition) is 2. The zero-order valence-electron chi connectivity index (χ0n) is 12.7. The summed E-state index contributed by atoms with van der Waals surface area (Å²) in [4.78, 5) is 12.5. The van der Waals surface area contributed by atoms with Gasteiger partial charge in [-0.05, 0) is 70.1 Å². The molecule has 3 nitrogen and oxygen atoms in total. The average Bonchev–Trinajstić information content (AvgIpc) is 2.89. The van der Waals surface area contributed by atoms with Crippen LogP contribution in [-0.4, -0.2) is 17.1 Å². The van der Waals surface area contributed by atoms with E-state index in [0.29, 0.717) is 16.0 Å². The van der Waals surface area contributed by atoms with E-state index in [9.17, 15) is 9.90 Å². The van der Waals surface area contributed by atoms with Crippen LogP contribution in [0.3, 0.4) is 0 Å². The van der Waals surface area contributed by atoms with E-state index in [4.69, 9.17) is 0 Å². The van der Waals surface area contributed by atoms with Crippen LogP contribution in [0.4, 0.5) is 0 Å². The van der Waals surface area contributed by atoms with Crippen molar-refractivity contribution in [2.75, 3.05) is 0 Å². The Hall–Kier alpha value is -1.03. The first-order chi connectivity index (χ1) is 9.74. The summed E-state index contributed by atoms with van der Waals surface area (Å²) in [7, 11) is 0. The smallest absolute Gasteiger partial charge is 0.251 e. The normalized spacial score (nSPS) is 33.1. The van der Waals surface area contributed by atoms with E-state index in [0.717, 1.165) is 0 Å². The van der Waals surface area contributed by atoms with E-state index < -0.39 is 0 Å². The maximum absolute atomic E-state index is 12.5. The molecule has 2 bridgehead atoms. The fourth-order valence-corrected chi connectivity index (χ4v) is 4.78. The Morgan fingerprint density at radius 2 is 2.10 bits per heavy atom. The fourth-order valence-electron chi connectivity index (χ4n) is 4.53. The van der Waals surface area contributed by atoms with Gasteiger partial charge >= 0.3 is 0 Å². The number of carbonyl (C=O) groups excluding carboxylic acids is 1.